The summed E-state index contributed by atoms with van der Waals surface area (Å²) >= 11 is 0. The first kappa shape index (κ1) is 19.6. The van der Waals surface area contributed by atoms with Gasteiger partial charge in [-0.05, 0) is 42.7 Å². The fourth-order valence-corrected chi connectivity index (χ4v) is 3.90. The summed E-state index contributed by atoms with van der Waals surface area (Å²) in [6.45, 7) is 4.38. The lowest BCUT2D eigenvalue weighted by atomic mass is 10.2. The van der Waals surface area contributed by atoms with Crippen LogP contribution in [0.3, 0.4) is 0 Å². The van der Waals surface area contributed by atoms with Crippen molar-refractivity contribution in [1.82, 2.24) is 9.80 Å². The smallest absolute Gasteiger partial charge is 0.237 e. The van der Waals surface area contributed by atoms with Crippen LogP contribution in [0.15, 0.2) is 48.5 Å². The van der Waals surface area contributed by atoms with Crippen LogP contribution >= 0.6 is 0 Å². The number of anilines is 1. The third-order valence-electron chi connectivity index (χ3n) is 5.77. The predicted molar refractivity (Wildman–Crippen MR) is 113 cm³/mol. The Bertz CT molecular complexity index is 828. The van der Waals surface area contributed by atoms with Crippen molar-refractivity contribution in [3.05, 3.63) is 54.1 Å². The van der Waals surface area contributed by atoms with Crippen LogP contribution in [-0.2, 0) is 11.3 Å². The molecule has 1 heterocycles. The number of para-hydroxylation sites is 2. The van der Waals surface area contributed by atoms with E-state index in [2.05, 4.69) is 9.80 Å². The van der Waals surface area contributed by atoms with E-state index >= 15 is 0 Å². The second-order valence-corrected chi connectivity index (χ2v) is 7.85. The summed E-state index contributed by atoms with van der Waals surface area (Å²) in [5.74, 6) is 1.36. The van der Waals surface area contributed by atoms with E-state index in [4.69, 9.17) is 4.74 Å². The highest BCUT2D eigenvalue weighted by Crippen LogP contribution is 2.30. The molecule has 0 aromatic heterocycles. The molecule has 6 heteroatoms. The summed E-state index contributed by atoms with van der Waals surface area (Å²) in [6, 6.07) is 15.8. The summed E-state index contributed by atoms with van der Waals surface area (Å²) in [5, 5.41) is 10.1. The number of carbonyl (C=O) groups is 1. The van der Waals surface area contributed by atoms with E-state index in [9.17, 15) is 9.90 Å². The van der Waals surface area contributed by atoms with Gasteiger partial charge in [0.1, 0.15) is 11.5 Å². The van der Waals surface area contributed by atoms with E-state index in [1.165, 1.54) is 0 Å². The number of nitrogens with zero attached hydrogens (tertiary/aromatic N) is 3. The molecule has 1 saturated carbocycles. The number of phenols is 1. The lowest BCUT2D eigenvalue weighted by molar-refractivity contribution is -0.133. The van der Waals surface area contributed by atoms with Gasteiger partial charge in [-0.15, -0.1) is 0 Å². The van der Waals surface area contributed by atoms with Gasteiger partial charge in [-0.1, -0.05) is 24.3 Å². The minimum absolute atomic E-state index is 0.208. The van der Waals surface area contributed by atoms with Gasteiger partial charge in [0, 0.05) is 38.8 Å². The zero-order valence-electron chi connectivity index (χ0n) is 17.0. The molecule has 1 amide bonds. The molecule has 29 heavy (non-hydrogen) atoms. The predicted octanol–water partition coefficient (Wildman–Crippen LogP) is 2.71. The molecule has 4 rings (SSSR count). The Hall–Kier alpha value is -2.73. The molecule has 0 bridgehead atoms. The van der Waals surface area contributed by atoms with Crippen molar-refractivity contribution in [3.8, 4) is 11.5 Å². The minimum atomic E-state index is 0.208. The topological polar surface area (TPSA) is 56.2 Å². The monoisotopic (exact) mass is 395 g/mol. The third-order valence-corrected chi connectivity index (χ3v) is 5.77. The van der Waals surface area contributed by atoms with Crippen molar-refractivity contribution in [3.63, 3.8) is 0 Å². The quantitative estimate of drug-likeness (QED) is 0.781. The molecule has 2 fully saturated rings. The highest BCUT2D eigenvalue weighted by molar-refractivity contribution is 5.79. The number of rotatable bonds is 7. The second-order valence-electron chi connectivity index (χ2n) is 7.85. The molecule has 0 spiro atoms. The molecule has 1 aliphatic carbocycles. The average Bonchev–Trinajstić information content (AvgIpc) is 3.58. The zero-order valence-corrected chi connectivity index (χ0v) is 17.0. The van der Waals surface area contributed by atoms with Gasteiger partial charge < -0.3 is 19.6 Å². The maximum atomic E-state index is 13.0. The zero-order chi connectivity index (χ0) is 20.2. The van der Waals surface area contributed by atoms with Crippen molar-refractivity contribution in [2.24, 2.45) is 0 Å². The van der Waals surface area contributed by atoms with E-state index in [1.807, 2.05) is 47.4 Å². The number of piperazine rings is 1. The van der Waals surface area contributed by atoms with Crippen molar-refractivity contribution in [1.29, 1.82) is 0 Å². The Morgan fingerprint density at radius 1 is 1.07 bits per heavy atom. The molecule has 2 aromatic carbocycles. The van der Waals surface area contributed by atoms with Crippen LogP contribution in [0.2, 0.25) is 0 Å². The molecule has 1 aliphatic heterocycles. The molecule has 0 radical (unpaired) electrons. The van der Waals surface area contributed by atoms with Crippen LogP contribution in [0, 0.1) is 0 Å². The van der Waals surface area contributed by atoms with Crippen molar-refractivity contribution in [2.45, 2.75) is 25.4 Å². The molecular formula is C23H29N3O3. The standard InChI is InChI=1S/C23H29N3O3/c1-29-20-10-6-18(7-11-20)16-26(19-8-9-19)23(28)17-24-12-14-25(15-13-24)21-4-2-3-5-22(21)27/h2-7,10-11,19,27H,8-9,12-17H2,1H3. The lowest BCUT2D eigenvalue weighted by Crippen LogP contribution is -2.50. The van der Waals surface area contributed by atoms with E-state index in [0.29, 0.717) is 24.9 Å². The molecule has 154 valence electrons. The van der Waals surface area contributed by atoms with Crippen LogP contribution in [0.5, 0.6) is 11.5 Å². The number of hydrogen-bond donors (Lipinski definition) is 1. The van der Waals surface area contributed by atoms with Crippen LogP contribution < -0.4 is 9.64 Å². The van der Waals surface area contributed by atoms with Crippen molar-refractivity contribution in [2.75, 3.05) is 44.7 Å². The van der Waals surface area contributed by atoms with Crippen LogP contribution in [0.4, 0.5) is 5.69 Å². The number of ether oxygens (including phenoxy) is 1. The van der Waals surface area contributed by atoms with E-state index in [0.717, 1.165) is 56.0 Å². The fourth-order valence-electron chi connectivity index (χ4n) is 3.90. The normalized spacial score (nSPS) is 17.2. The number of amides is 1. The van der Waals surface area contributed by atoms with Gasteiger partial charge >= 0.3 is 0 Å². The first-order valence-electron chi connectivity index (χ1n) is 10.3. The Labute approximate surface area is 172 Å². The number of aromatic hydroxyl groups is 1. The molecule has 1 N–H and O–H groups in total. The Morgan fingerprint density at radius 2 is 1.76 bits per heavy atom. The fraction of sp³-hybridized carbons (Fsp3) is 0.435. The summed E-state index contributed by atoms with van der Waals surface area (Å²) in [6.07, 6.45) is 2.20. The van der Waals surface area contributed by atoms with Crippen LogP contribution in [0.1, 0.15) is 18.4 Å². The van der Waals surface area contributed by atoms with Gasteiger partial charge in [-0.2, -0.15) is 0 Å². The summed E-state index contributed by atoms with van der Waals surface area (Å²) in [7, 11) is 1.66. The van der Waals surface area contributed by atoms with Crippen LogP contribution in [-0.4, -0.2) is 66.7 Å². The Kier molecular flexibility index (Phi) is 5.90. The number of hydrogen-bond acceptors (Lipinski definition) is 5. The maximum Gasteiger partial charge on any atom is 0.237 e. The lowest BCUT2D eigenvalue weighted by Gasteiger charge is -2.37. The van der Waals surface area contributed by atoms with E-state index in [1.54, 1.807) is 13.2 Å². The van der Waals surface area contributed by atoms with E-state index in [-0.39, 0.29) is 5.91 Å². The van der Waals surface area contributed by atoms with Crippen molar-refractivity contribution >= 4 is 11.6 Å². The number of carbonyl (C=O) groups excluding carboxylic acids is 1. The Balaban J connectivity index is 1.32. The van der Waals surface area contributed by atoms with Gasteiger partial charge in [0.2, 0.25) is 5.91 Å². The van der Waals surface area contributed by atoms with E-state index < -0.39 is 0 Å². The SMILES string of the molecule is COc1ccc(CN(C(=O)CN2CCN(c3ccccc3O)CC2)C2CC2)cc1. The van der Waals surface area contributed by atoms with Crippen molar-refractivity contribution < 1.29 is 14.6 Å². The van der Waals surface area contributed by atoms with Gasteiger partial charge in [-0.25, -0.2) is 0 Å². The first-order chi connectivity index (χ1) is 14.1. The molecule has 0 unspecified atom stereocenters. The van der Waals surface area contributed by atoms with Gasteiger partial charge in [0.25, 0.3) is 0 Å². The summed E-state index contributed by atoms with van der Waals surface area (Å²) in [5.41, 5.74) is 2.01. The molecule has 2 aromatic rings. The van der Waals surface area contributed by atoms with Gasteiger partial charge in [-0.3, -0.25) is 9.69 Å². The molecule has 1 saturated heterocycles. The molecule has 6 nitrogen and oxygen atoms in total. The summed E-state index contributed by atoms with van der Waals surface area (Å²) in [4.78, 5) is 19.5. The minimum Gasteiger partial charge on any atom is -0.506 e. The largest absolute Gasteiger partial charge is 0.506 e. The number of methoxy groups -OCH3 is 1. The molecule has 0 atom stereocenters. The highest BCUT2D eigenvalue weighted by Gasteiger charge is 2.33. The third kappa shape index (κ3) is 4.82. The Morgan fingerprint density at radius 3 is 2.38 bits per heavy atom. The van der Waals surface area contributed by atoms with Gasteiger partial charge in [0.05, 0.1) is 19.3 Å². The van der Waals surface area contributed by atoms with Gasteiger partial charge in [0.15, 0.2) is 0 Å². The molecule has 2 aliphatic rings. The highest BCUT2D eigenvalue weighted by atomic mass is 16.5. The summed E-state index contributed by atoms with van der Waals surface area (Å²) < 4.78 is 5.22. The average molecular weight is 396 g/mol. The number of phenolic OH excluding ortho intramolecular Hbond substituents is 1. The van der Waals surface area contributed by atoms with Crippen LogP contribution in [0.25, 0.3) is 0 Å². The number of benzene rings is 2. The second kappa shape index (κ2) is 8.74. The first-order valence-corrected chi connectivity index (χ1v) is 10.3. The molecular weight excluding hydrogens is 366 g/mol. The maximum absolute atomic E-state index is 13.0.